The molecule has 0 spiro atoms. The summed E-state index contributed by atoms with van der Waals surface area (Å²) in [6, 6.07) is 13.1. The number of hydrogen-bond donors (Lipinski definition) is 0. The smallest absolute Gasteiger partial charge is 0.483 e. The molecule has 0 radical (unpaired) electrons. The number of rotatable bonds is 7. The summed E-state index contributed by atoms with van der Waals surface area (Å²) in [6.45, 7) is 1.86. The Balaban J connectivity index is 1.32. The van der Waals surface area contributed by atoms with Gasteiger partial charge in [0.15, 0.2) is 23.3 Å². The average Bonchev–Trinajstić information content (AvgIpc) is 3.53. The van der Waals surface area contributed by atoms with Crippen molar-refractivity contribution in [3.63, 3.8) is 0 Å². The Kier molecular flexibility index (Phi) is 7.51. The van der Waals surface area contributed by atoms with Crippen LogP contribution in [0.3, 0.4) is 0 Å². The van der Waals surface area contributed by atoms with Gasteiger partial charge in [-0.2, -0.15) is 18.3 Å². The molecule has 10 nitrogen and oxygen atoms in total. The average molecular weight is 633 g/mol. The van der Waals surface area contributed by atoms with Gasteiger partial charge in [0.2, 0.25) is 5.88 Å². The SMILES string of the molecule is COC(=O)c1ccc(OC2CN(C)Cc3c(C(F)(F)F)nn(-c4ccnc(O[C@@H](C)c5ccc6c(c5)OC(F)(F)O6)c4)c32)cc1. The molecule has 45 heavy (non-hydrogen) atoms. The molecule has 2 aliphatic heterocycles. The minimum atomic E-state index is -4.75. The highest BCUT2D eigenvalue weighted by Gasteiger charge is 2.44. The normalized spacial score (nSPS) is 17.8. The number of carbonyl (C=O) groups is 1. The topological polar surface area (TPSA) is 97.2 Å². The Labute approximate surface area is 252 Å². The van der Waals surface area contributed by atoms with E-state index in [4.69, 9.17) is 14.2 Å². The van der Waals surface area contributed by atoms with E-state index < -0.39 is 36.3 Å². The van der Waals surface area contributed by atoms with Gasteiger partial charge in [-0.1, -0.05) is 6.07 Å². The summed E-state index contributed by atoms with van der Waals surface area (Å²) < 4.78 is 96.5. The maximum absolute atomic E-state index is 14.2. The van der Waals surface area contributed by atoms with Crippen LogP contribution in [0.15, 0.2) is 60.8 Å². The van der Waals surface area contributed by atoms with Crippen molar-refractivity contribution in [2.75, 3.05) is 20.7 Å². The molecule has 2 aromatic heterocycles. The molecule has 0 saturated heterocycles. The predicted molar refractivity (Wildman–Crippen MR) is 146 cm³/mol. The molecule has 0 bridgehead atoms. The Hall–Kier alpha value is -4.92. The van der Waals surface area contributed by atoms with Crippen LogP contribution in [0, 0.1) is 0 Å². The lowest BCUT2D eigenvalue weighted by Crippen LogP contribution is -2.34. The largest absolute Gasteiger partial charge is 0.586 e. The third-order valence-corrected chi connectivity index (χ3v) is 7.21. The van der Waals surface area contributed by atoms with Gasteiger partial charge in [0.25, 0.3) is 0 Å². The minimum absolute atomic E-state index is 0.0278. The van der Waals surface area contributed by atoms with Crippen LogP contribution in [0.5, 0.6) is 23.1 Å². The van der Waals surface area contributed by atoms with Crippen molar-refractivity contribution in [3.05, 3.63) is 88.9 Å². The summed E-state index contributed by atoms with van der Waals surface area (Å²) in [5.41, 5.74) is 0.0734. The van der Waals surface area contributed by atoms with Gasteiger partial charge in [0, 0.05) is 30.9 Å². The van der Waals surface area contributed by atoms with E-state index in [0.717, 1.165) is 0 Å². The van der Waals surface area contributed by atoms with Crippen molar-refractivity contribution in [2.24, 2.45) is 0 Å². The first-order chi connectivity index (χ1) is 21.3. The quantitative estimate of drug-likeness (QED) is 0.177. The second-order valence-electron chi connectivity index (χ2n) is 10.4. The van der Waals surface area contributed by atoms with Crippen LogP contribution in [-0.2, 0) is 17.5 Å². The number of carbonyl (C=O) groups excluding carboxylic acids is 1. The molecule has 1 unspecified atom stereocenters. The fourth-order valence-electron chi connectivity index (χ4n) is 5.19. The van der Waals surface area contributed by atoms with Gasteiger partial charge in [-0.05, 0) is 62.0 Å². The zero-order chi connectivity index (χ0) is 32.1. The standard InChI is InChI=1S/C30H25F5N4O6/c1-16(18-6-9-22-23(12-18)45-30(34,35)44-22)42-25-13-19(10-11-36-25)39-26-21(27(37-39)29(31,32)33)14-38(2)15-24(26)43-20-7-4-17(5-8-20)28(40)41-3/h4-13,16,24H,14-15H2,1-3H3/t16-,24?/m0/s1. The van der Waals surface area contributed by atoms with E-state index in [0.29, 0.717) is 11.3 Å². The maximum atomic E-state index is 14.2. The molecule has 6 rings (SSSR count). The molecule has 0 aliphatic carbocycles. The second kappa shape index (κ2) is 11.2. The fourth-order valence-corrected chi connectivity index (χ4v) is 5.19. The van der Waals surface area contributed by atoms with Gasteiger partial charge < -0.3 is 23.7 Å². The van der Waals surface area contributed by atoms with Crippen LogP contribution in [0.2, 0.25) is 0 Å². The van der Waals surface area contributed by atoms with E-state index in [-0.39, 0.29) is 53.0 Å². The Morgan fingerprint density at radius 3 is 2.51 bits per heavy atom. The number of fused-ring (bicyclic) bond motifs is 2. The van der Waals surface area contributed by atoms with Crippen molar-refractivity contribution in [1.82, 2.24) is 19.7 Å². The molecule has 2 aliphatic rings. The van der Waals surface area contributed by atoms with Gasteiger partial charge in [-0.15, -0.1) is 8.78 Å². The number of pyridine rings is 1. The zero-order valence-electron chi connectivity index (χ0n) is 24.0. The second-order valence-corrected chi connectivity index (χ2v) is 10.4. The molecular formula is C30H25F5N4O6. The third kappa shape index (κ3) is 6.07. The van der Waals surface area contributed by atoms with Crippen molar-refractivity contribution >= 4 is 5.97 Å². The van der Waals surface area contributed by atoms with Crippen LogP contribution < -0.4 is 18.9 Å². The van der Waals surface area contributed by atoms with Crippen LogP contribution in [0.1, 0.15) is 52.0 Å². The number of esters is 1. The maximum Gasteiger partial charge on any atom is 0.586 e. The molecule has 15 heteroatoms. The minimum Gasteiger partial charge on any atom is -0.483 e. The Bertz CT molecular complexity index is 1740. The number of aromatic nitrogens is 3. The van der Waals surface area contributed by atoms with Crippen LogP contribution in [-0.4, -0.2) is 52.6 Å². The van der Waals surface area contributed by atoms with Crippen molar-refractivity contribution in [1.29, 1.82) is 0 Å². The molecule has 2 atom stereocenters. The highest BCUT2D eigenvalue weighted by molar-refractivity contribution is 5.89. The Morgan fingerprint density at radius 1 is 1.07 bits per heavy atom. The highest BCUT2D eigenvalue weighted by Crippen LogP contribution is 2.43. The number of ether oxygens (including phenoxy) is 5. The molecule has 236 valence electrons. The number of likely N-dealkylation sites (N-methyl/N-ethyl adjacent to an activating group) is 1. The molecule has 2 aromatic carbocycles. The van der Waals surface area contributed by atoms with E-state index in [2.05, 4.69) is 19.6 Å². The zero-order valence-corrected chi connectivity index (χ0v) is 24.0. The molecule has 0 saturated carbocycles. The van der Waals surface area contributed by atoms with Crippen molar-refractivity contribution < 1.29 is 50.4 Å². The summed E-state index contributed by atoms with van der Waals surface area (Å²) in [7, 11) is 2.93. The lowest BCUT2D eigenvalue weighted by molar-refractivity contribution is -0.286. The van der Waals surface area contributed by atoms with Gasteiger partial charge >= 0.3 is 18.4 Å². The third-order valence-electron chi connectivity index (χ3n) is 7.21. The van der Waals surface area contributed by atoms with Gasteiger partial charge in [0.05, 0.1) is 24.1 Å². The van der Waals surface area contributed by atoms with E-state index in [9.17, 15) is 26.7 Å². The number of nitrogens with zero attached hydrogens (tertiary/aromatic N) is 4. The molecule has 4 aromatic rings. The summed E-state index contributed by atoms with van der Waals surface area (Å²) in [4.78, 5) is 17.7. The van der Waals surface area contributed by atoms with E-state index in [1.807, 2.05) is 0 Å². The first-order valence-corrected chi connectivity index (χ1v) is 13.6. The summed E-state index contributed by atoms with van der Waals surface area (Å²) in [5, 5.41) is 3.98. The molecule has 4 heterocycles. The molecule has 0 amide bonds. The molecular weight excluding hydrogens is 607 g/mol. The number of alkyl halides is 5. The van der Waals surface area contributed by atoms with Crippen molar-refractivity contribution in [2.45, 2.75) is 38.1 Å². The lowest BCUT2D eigenvalue weighted by Gasteiger charge is -2.31. The van der Waals surface area contributed by atoms with Crippen LogP contribution in [0.25, 0.3) is 5.69 Å². The monoisotopic (exact) mass is 632 g/mol. The number of halogens is 5. The highest BCUT2D eigenvalue weighted by atomic mass is 19.4. The predicted octanol–water partition coefficient (Wildman–Crippen LogP) is 6.10. The molecule has 0 fully saturated rings. The van der Waals surface area contributed by atoms with Gasteiger partial charge in [-0.25, -0.2) is 14.5 Å². The van der Waals surface area contributed by atoms with Gasteiger partial charge in [-0.3, -0.25) is 4.90 Å². The fraction of sp³-hybridized carbons (Fsp3) is 0.300. The number of benzene rings is 2. The van der Waals surface area contributed by atoms with E-state index >= 15 is 0 Å². The van der Waals surface area contributed by atoms with E-state index in [1.165, 1.54) is 72.6 Å². The van der Waals surface area contributed by atoms with Crippen LogP contribution in [0.4, 0.5) is 22.0 Å². The number of methoxy groups -OCH3 is 1. The lowest BCUT2D eigenvalue weighted by atomic mass is 10.0. The summed E-state index contributed by atoms with van der Waals surface area (Å²) in [5.74, 6) is -0.455. The van der Waals surface area contributed by atoms with Crippen LogP contribution >= 0.6 is 0 Å². The number of hydrogen-bond acceptors (Lipinski definition) is 9. The molecule has 0 N–H and O–H groups in total. The Morgan fingerprint density at radius 2 is 1.80 bits per heavy atom. The van der Waals surface area contributed by atoms with Crippen molar-refractivity contribution in [3.8, 4) is 28.8 Å². The summed E-state index contributed by atoms with van der Waals surface area (Å²) >= 11 is 0. The van der Waals surface area contributed by atoms with E-state index in [1.54, 1.807) is 18.9 Å². The van der Waals surface area contributed by atoms with Gasteiger partial charge in [0.1, 0.15) is 11.9 Å². The first kappa shape index (κ1) is 30.1. The summed E-state index contributed by atoms with van der Waals surface area (Å²) in [6.07, 6.45) is -8.77. The first-order valence-electron chi connectivity index (χ1n) is 13.6.